The number of phenolic OH excluding ortho intramolecular Hbond substituents is 1. The zero-order valence-corrected chi connectivity index (χ0v) is 47.0. The minimum atomic E-state index is -0.102. The van der Waals surface area contributed by atoms with E-state index in [4.69, 9.17) is 9.97 Å². The molecule has 3 N–H and O–H groups in total. The van der Waals surface area contributed by atoms with E-state index in [1.54, 1.807) is 12.1 Å². The van der Waals surface area contributed by atoms with Crippen LogP contribution >= 0.6 is 0 Å². The van der Waals surface area contributed by atoms with E-state index in [9.17, 15) is 5.11 Å². The molecule has 0 radical (unpaired) electrons. The van der Waals surface area contributed by atoms with Crippen molar-refractivity contribution in [2.24, 2.45) is 0 Å². The van der Waals surface area contributed by atoms with Gasteiger partial charge < -0.3 is 15.1 Å². The molecule has 0 amide bonds. The molecule has 2 aliphatic heterocycles. The lowest BCUT2D eigenvalue weighted by atomic mass is 9.78. The number of aromatic hydroxyl groups is 1. The summed E-state index contributed by atoms with van der Waals surface area (Å²) in [4.78, 5) is 19.5. The first-order chi connectivity index (χ1) is 33.8. The zero-order valence-electron chi connectivity index (χ0n) is 47.0. The van der Waals surface area contributed by atoms with Crippen LogP contribution in [0.15, 0.2) is 103 Å². The van der Waals surface area contributed by atoms with Crippen LogP contribution in [0.3, 0.4) is 0 Å². The Morgan fingerprint density at radius 3 is 0.726 bits per heavy atom. The molecule has 0 unspecified atom stereocenters. The normalized spacial score (nSPS) is 13.6. The van der Waals surface area contributed by atoms with Crippen molar-refractivity contribution in [1.82, 2.24) is 19.9 Å². The summed E-state index contributed by atoms with van der Waals surface area (Å²) < 4.78 is 0. The number of nitrogens with zero attached hydrogens (tertiary/aromatic N) is 2. The highest BCUT2D eigenvalue weighted by Crippen LogP contribution is 2.44. The third kappa shape index (κ3) is 10.3. The van der Waals surface area contributed by atoms with Crippen LogP contribution in [0.2, 0.25) is 0 Å². The smallest absolute Gasteiger partial charge is 0.115 e. The Hall–Kier alpha value is -6.72. The molecule has 376 valence electrons. The fourth-order valence-corrected chi connectivity index (χ4v) is 9.96. The number of H-pyrrole nitrogens is 2. The molecule has 3 aromatic heterocycles. The standard InChI is InChI=1S/C68H78N4O/c1-63(2,3)44-31-41(32-45(37-44)64(4,5)6)60-53-25-23-51(69-53)59(40-19-21-50(73)22-20-40)52-24-26-54(70-52)61(42-33-46(65(7,8)9)38-47(34-42)66(10,11)12)56-28-30-58(72-56)62(57-29-27-55(60)71-57)43-35-48(67(13,14)15)39-49(36-43)68(16,17)18/h19-39,69,72-73H,1-18H3. The molecular formula is C68H78N4O. The van der Waals surface area contributed by atoms with Gasteiger partial charge in [0.05, 0.1) is 22.8 Å². The van der Waals surface area contributed by atoms with Gasteiger partial charge in [-0.05, 0) is 149 Å². The maximum Gasteiger partial charge on any atom is 0.115 e. The summed E-state index contributed by atoms with van der Waals surface area (Å²) in [6.45, 7) is 41.4. The first kappa shape index (κ1) is 51.2. The minimum absolute atomic E-state index is 0.101. The van der Waals surface area contributed by atoms with Crippen LogP contribution in [0.25, 0.3) is 90.9 Å². The van der Waals surface area contributed by atoms with E-state index in [0.717, 1.165) is 89.4 Å². The molecule has 0 spiro atoms. The molecule has 5 heterocycles. The van der Waals surface area contributed by atoms with E-state index in [0.29, 0.717) is 0 Å². The number of aromatic nitrogens is 4. The second kappa shape index (κ2) is 17.7. The molecule has 2 aliphatic rings. The van der Waals surface area contributed by atoms with Crippen LogP contribution in [0.1, 0.15) is 181 Å². The summed E-state index contributed by atoms with van der Waals surface area (Å²) in [5.41, 5.74) is 22.6. The molecular weight excluding hydrogens is 889 g/mol. The van der Waals surface area contributed by atoms with Crippen molar-refractivity contribution in [3.8, 4) is 50.3 Å². The number of hydrogen-bond donors (Lipinski definition) is 3. The number of phenols is 1. The van der Waals surface area contributed by atoms with Gasteiger partial charge in [-0.25, -0.2) is 9.97 Å². The lowest BCUT2D eigenvalue weighted by molar-refractivity contribution is 0.475. The molecule has 0 aliphatic carbocycles. The SMILES string of the molecule is CC(C)(C)c1cc(-c2c3nc(c(-c4cc(C(C)(C)C)cc(C(C)(C)C)c4)c4ccc([nH]4)c(-c4cc(C(C)(C)C)cc(C(C)(C)C)c4)c4nc(c(-c5ccc(O)cc5)c5ccc2[nH]5)C=C4)C=C3)cc(C(C)(C)C)c1. The quantitative estimate of drug-likeness (QED) is 0.164. The Morgan fingerprint density at radius 1 is 0.288 bits per heavy atom. The van der Waals surface area contributed by atoms with E-state index in [-0.39, 0.29) is 38.2 Å². The van der Waals surface area contributed by atoms with E-state index in [1.165, 1.54) is 33.4 Å². The predicted octanol–water partition coefficient (Wildman–Crippen LogP) is 18.8. The minimum Gasteiger partial charge on any atom is -0.508 e. The Balaban J connectivity index is 1.53. The summed E-state index contributed by atoms with van der Waals surface area (Å²) in [7, 11) is 0. The lowest BCUT2D eigenvalue weighted by Crippen LogP contribution is -2.16. The van der Waals surface area contributed by atoms with Gasteiger partial charge in [-0.2, -0.15) is 0 Å². The maximum atomic E-state index is 10.6. The summed E-state index contributed by atoms with van der Waals surface area (Å²) in [5, 5.41) is 10.6. The van der Waals surface area contributed by atoms with Crippen LogP contribution in [0, 0.1) is 0 Å². The number of benzene rings is 4. The van der Waals surface area contributed by atoms with E-state index < -0.39 is 0 Å². The summed E-state index contributed by atoms with van der Waals surface area (Å²) >= 11 is 0. The molecule has 8 bridgehead atoms. The first-order valence-corrected chi connectivity index (χ1v) is 26.3. The van der Waals surface area contributed by atoms with Gasteiger partial charge in [-0.1, -0.05) is 191 Å². The van der Waals surface area contributed by atoms with Gasteiger partial charge in [0.1, 0.15) is 5.75 Å². The van der Waals surface area contributed by atoms with Crippen LogP contribution in [-0.2, 0) is 32.5 Å². The van der Waals surface area contributed by atoms with Gasteiger partial charge in [-0.15, -0.1) is 0 Å². The van der Waals surface area contributed by atoms with Crippen molar-refractivity contribution < 1.29 is 5.11 Å². The second-order valence-electron chi connectivity index (χ2n) is 26.9. The molecule has 0 fully saturated rings. The van der Waals surface area contributed by atoms with Gasteiger partial charge in [0.15, 0.2) is 0 Å². The molecule has 0 saturated heterocycles. The summed E-state index contributed by atoms with van der Waals surface area (Å²) in [6, 6.07) is 37.8. The largest absolute Gasteiger partial charge is 0.508 e. The number of fused-ring (bicyclic) bond motifs is 8. The van der Waals surface area contributed by atoms with Crippen LogP contribution in [0.5, 0.6) is 5.75 Å². The highest BCUT2D eigenvalue weighted by atomic mass is 16.3. The molecule has 73 heavy (non-hydrogen) atoms. The lowest BCUT2D eigenvalue weighted by Gasteiger charge is -2.26. The van der Waals surface area contributed by atoms with Gasteiger partial charge in [0, 0.05) is 44.3 Å². The number of nitrogens with one attached hydrogen (secondary N) is 2. The van der Waals surface area contributed by atoms with Crippen LogP contribution in [0.4, 0.5) is 0 Å². The van der Waals surface area contributed by atoms with Crippen molar-refractivity contribution in [1.29, 1.82) is 0 Å². The Morgan fingerprint density at radius 2 is 0.507 bits per heavy atom. The molecule has 9 rings (SSSR count). The molecule has 4 aromatic carbocycles. The van der Waals surface area contributed by atoms with Gasteiger partial charge in [-0.3, -0.25) is 0 Å². The highest BCUT2D eigenvalue weighted by Gasteiger charge is 2.28. The Kier molecular flexibility index (Phi) is 12.4. The van der Waals surface area contributed by atoms with Crippen molar-refractivity contribution >= 4 is 46.4 Å². The summed E-state index contributed by atoms with van der Waals surface area (Å²) in [6.07, 6.45) is 8.76. The van der Waals surface area contributed by atoms with Gasteiger partial charge in [0.2, 0.25) is 0 Å². The molecule has 7 aromatic rings. The van der Waals surface area contributed by atoms with E-state index in [1.807, 2.05) is 12.1 Å². The number of rotatable bonds is 4. The fourth-order valence-electron chi connectivity index (χ4n) is 9.96. The number of hydrogen-bond acceptors (Lipinski definition) is 3. The molecule has 0 atom stereocenters. The zero-order chi connectivity index (χ0) is 53.0. The fraction of sp³-hybridized carbons (Fsp3) is 0.353. The second-order valence-corrected chi connectivity index (χ2v) is 26.9. The molecule has 5 nitrogen and oxygen atoms in total. The summed E-state index contributed by atoms with van der Waals surface area (Å²) in [5.74, 6) is 0.213. The average Bonchev–Trinajstić information content (AvgIpc) is 4.13. The third-order valence-corrected chi connectivity index (χ3v) is 14.8. The predicted molar refractivity (Wildman–Crippen MR) is 314 cm³/mol. The van der Waals surface area contributed by atoms with Crippen molar-refractivity contribution in [2.75, 3.05) is 0 Å². The Labute approximate surface area is 436 Å². The molecule has 5 heteroatoms. The van der Waals surface area contributed by atoms with Crippen molar-refractivity contribution in [3.05, 3.63) is 159 Å². The van der Waals surface area contributed by atoms with E-state index >= 15 is 0 Å². The van der Waals surface area contributed by atoms with Crippen molar-refractivity contribution in [3.63, 3.8) is 0 Å². The Bertz CT molecular complexity index is 3380. The molecule has 0 saturated carbocycles. The third-order valence-electron chi connectivity index (χ3n) is 14.8. The van der Waals surface area contributed by atoms with E-state index in [2.05, 4.69) is 238 Å². The monoisotopic (exact) mass is 967 g/mol. The average molecular weight is 967 g/mol. The topological polar surface area (TPSA) is 77.6 Å². The van der Waals surface area contributed by atoms with Crippen molar-refractivity contribution in [2.45, 2.75) is 157 Å². The van der Waals surface area contributed by atoms with Crippen LogP contribution in [-0.4, -0.2) is 25.0 Å². The highest BCUT2D eigenvalue weighted by molar-refractivity contribution is 6.00. The first-order valence-electron chi connectivity index (χ1n) is 26.3. The van der Waals surface area contributed by atoms with Crippen LogP contribution < -0.4 is 0 Å². The maximum absolute atomic E-state index is 10.6. The number of aromatic amines is 2. The van der Waals surface area contributed by atoms with Gasteiger partial charge >= 0.3 is 0 Å². The van der Waals surface area contributed by atoms with Gasteiger partial charge in [0.25, 0.3) is 0 Å².